The van der Waals surface area contributed by atoms with Crippen LogP contribution >= 0.6 is 11.8 Å². The lowest BCUT2D eigenvalue weighted by molar-refractivity contribution is -0.121. The minimum absolute atomic E-state index is 0.0684. The molecule has 0 bridgehead atoms. The fourth-order valence-electron chi connectivity index (χ4n) is 0.604. The first-order chi connectivity index (χ1) is 4.81. The van der Waals surface area contributed by atoms with Crippen LogP contribution < -0.4 is 11.3 Å². The molecule has 0 atom stereocenters. The van der Waals surface area contributed by atoms with Crippen LogP contribution in [0.25, 0.3) is 0 Å². The number of carbonyl (C=O) groups is 1. The molecule has 0 saturated carbocycles. The molecule has 60 valence electrons. The molecule has 0 aromatic heterocycles. The fourth-order valence-corrected chi connectivity index (χ4v) is 1.10. The Hall–Kier alpha value is -0.220. The van der Waals surface area contributed by atoms with Crippen molar-refractivity contribution in [2.24, 2.45) is 5.84 Å². The zero-order valence-corrected chi connectivity index (χ0v) is 7.04. The van der Waals surface area contributed by atoms with Gasteiger partial charge in [-0.1, -0.05) is 0 Å². The van der Waals surface area contributed by atoms with Gasteiger partial charge in [0, 0.05) is 6.42 Å². The molecule has 3 nitrogen and oxygen atoms in total. The summed E-state index contributed by atoms with van der Waals surface area (Å²) in [4.78, 5) is 10.5. The SMILES string of the molecule is CSCCCCC(=O)NN. The summed E-state index contributed by atoms with van der Waals surface area (Å²) in [6, 6.07) is 0. The summed E-state index contributed by atoms with van der Waals surface area (Å²) in [5.74, 6) is 5.94. The normalized spacial score (nSPS) is 9.40. The molecule has 0 heterocycles. The average molecular weight is 162 g/mol. The van der Waals surface area contributed by atoms with Gasteiger partial charge in [0.15, 0.2) is 0 Å². The summed E-state index contributed by atoms with van der Waals surface area (Å²) in [5.41, 5.74) is 2.10. The standard InChI is InChI=1S/C6H14N2OS/c1-10-5-3-2-4-6(9)8-7/h2-5,7H2,1H3,(H,8,9). The Morgan fingerprint density at radius 3 is 2.80 bits per heavy atom. The van der Waals surface area contributed by atoms with Gasteiger partial charge in [0.05, 0.1) is 0 Å². The molecule has 0 aromatic carbocycles. The Morgan fingerprint density at radius 1 is 1.60 bits per heavy atom. The largest absolute Gasteiger partial charge is 0.294 e. The van der Waals surface area contributed by atoms with Crippen molar-refractivity contribution in [3.8, 4) is 0 Å². The van der Waals surface area contributed by atoms with E-state index >= 15 is 0 Å². The van der Waals surface area contributed by atoms with Gasteiger partial charge in [-0.2, -0.15) is 11.8 Å². The first kappa shape index (κ1) is 9.78. The third-order valence-electron chi connectivity index (χ3n) is 1.16. The van der Waals surface area contributed by atoms with E-state index in [0.29, 0.717) is 6.42 Å². The molecule has 0 aliphatic carbocycles. The predicted molar refractivity (Wildman–Crippen MR) is 44.6 cm³/mol. The number of carbonyl (C=O) groups excluding carboxylic acids is 1. The maximum Gasteiger partial charge on any atom is 0.233 e. The molecule has 0 aromatic rings. The molecule has 0 fully saturated rings. The Morgan fingerprint density at radius 2 is 2.30 bits per heavy atom. The zero-order chi connectivity index (χ0) is 7.82. The van der Waals surface area contributed by atoms with Gasteiger partial charge in [-0.3, -0.25) is 10.2 Å². The third kappa shape index (κ3) is 5.91. The second-order valence-electron chi connectivity index (χ2n) is 2.02. The van der Waals surface area contributed by atoms with Crippen molar-refractivity contribution in [2.75, 3.05) is 12.0 Å². The Kier molecular flexibility index (Phi) is 6.74. The smallest absolute Gasteiger partial charge is 0.233 e. The van der Waals surface area contributed by atoms with Crippen LogP contribution in [0.5, 0.6) is 0 Å². The highest BCUT2D eigenvalue weighted by molar-refractivity contribution is 7.98. The van der Waals surface area contributed by atoms with Crippen LogP contribution in [0.3, 0.4) is 0 Å². The van der Waals surface area contributed by atoms with Crippen LogP contribution in [0.4, 0.5) is 0 Å². The van der Waals surface area contributed by atoms with Crippen molar-refractivity contribution in [3.63, 3.8) is 0 Å². The Bertz CT molecular complexity index is 97.7. The van der Waals surface area contributed by atoms with Crippen LogP contribution in [0.2, 0.25) is 0 Å². The fraction of sp³-hybridized carbons (Fsp3) is 0.833. The number of hydrogen-bond donors (Lipinski definition) is 2. The molecular weight excluding hydrogens is 148 g/mol. The van der Waals surface area contributed by atoms with E-state index in [-0.39, 0.29) is 5.91 Å². The van der Waals surface area contributed by atoms with E-state index in [0.717, 1.165) is 18.6 Å². The number of hydrogen-bond acceptors (Lipinski definition) is 3. The van der Waals surface area contributed by atoms with Gasteiger partial charge in [0.2, 0.25) is 5.91 Å². The summed E-state index contributed by atoms with van der Waals surface area (Å²) >= 11 is 1.80. The van der Waals surface area contributed by atoms with Crippen LogP contribution in [-0.2, 0) is 4.79 Å². The number of hydrazine groups is 1. The monoisotopic (exact) mass is 162 g/mol. The molecule has 3 N–H and O–H groups in total. The topological polar surface area (TPSA) is 55.1 Å². The molecule has 4 heteroatoms. The molecule has 0 rings (SSSR count). The lowest BCUT2D eigenvalue weighted by Crippen LogP contribution is -2.29. The minimum Gasteiger partial charge on any atom is -0.294 e. The Balaban J connectivity index is 2.96. The van der Waals surface area contributed by atoms with Gasteiger partial charge >= 0.3 is 0 Å². The maximum atomic E-state index is 10.5. The van der Waals surface area contributed by atoms with Crippen molar-refractivity contribution in [1.82, 2.24) is 5.43 Å². The van der Waals surface area contributed by atoms with Crippen molar-refractivity contribution >= 4 is 17.7 Å². The summed E-state index contributed by atoms with van der Waals surface area (Å²) < 4.78 is 0. The highest BCUT2D eigenvalue weighted by Crippen LogP contribution is 2.01. The number of thioether (sulfide) groups is 1. The van der Waals surface area contributed by atoms with Gasteiger partial charge in [0.1, 0.15) is 0 Å². The van der Waals surface area contributed by atoms with Crippen LogP contribution in [0.15, 0.2) is 0 Å². The average Bonchev–Trinajstić information content (AvgIpc) is 1.98. The van der Waals surface area contributed by atoms with Crippen LogP contribution in [0.1, 0.15) is 19.3 Å². The third-order valence-corrected chi connectivity index (χ3v) is 1.86. The number of nitrogens with one attached hydrogen (secondary N) is 1. The van der Waals surface area contributed by atoms with E-state index in [1.165, 1.54) is 0 Å². The number of amides is 1. The van der Waals surface area contributed by atoms with Crippen molar-refractivity contribution in [3.05, 3.63) is 0 Å². The molecule has 0 unspecified atom stereocenters. The van der Waals surface area contributed by atoms with Gasteiger partial charge in [-0.25, -0.2) is 5.84 Å². The lowest BCUT2D eigenvalue weighted by Gasteiger charge is -1.97. The highest BCUT2D eigenvalue weighted by Gasteiger charge is 1.95. The van der Waals surface area contributed by atoms with E-state index in [1.807, 2.05) is 0 Å². The molecule has 0 saturated heterocycles. The van der Waals surface area contributed by atoms with Crippen molar-refractivity contribution in [1.29, 1.82) is 0 Å². The minimum atomic E-state index is -0.0684. The summed E-state index contributed by atoms with van der Waals surface area (Å²) in [5, 5.41) is 0. The van der Waals surface area contributed by atoms with Gasteiger partial charge in [-0.05, 0) is 24.9 Å². The van der Waals surface area contributed by atoms with Gasteiger partial charge < -0.3 is 0 Å². The molecule has 0 aliphatic rings. The van der Waals surface area contributed by atoms with Crippen molar-refractivity contribution in [2.45, 2.75) is 19.3 Å². The first-order valence-corrected chi connectivity index (χ1v) is 4.69. The quantitative estimate of drug-likeness (QED) is 0.268. The highest BCUT2D eigenvalue weighted by atomic mass is 32.2. The van der Waals surface area contributed by atoms with E-state index < -0.39 is 0 Å². The van der Waals surface area contributed by atoms with Gasteiger partial charge in [-0.15, -0.1) is 0 Å². The van der Waals surface area contributed by atoms with Gasteiger partial charge in [0.25, 0.3) is 0 Å². The second-order valence-corrected chi connectivity index (χ2v) is 3.00. The zero-order valence-electron chi connectivity index (χ0n) is 6.22. The second kappa shape index (κ2) is 6.89. The van der Waals surface area contributed by atoms with Crippen LogP contribution in [-0.4, -0.2) is 17.9 Å². The van der Waals surface area contributed by atoms with Crippen molar-refractivity contribution < 1.29 is 4.79 Å². The van der Waals surface area contributed by atoms with E-state index in [1.54, 1.807) is 11.8 Å². The number of rotatable bonds is 5. The van der Waals surface area contributed by atoms with Crippen LogP contribution in [0, 0.1) is 0 Å². The number of unbranched alkanes of at least 4 members (excludes halogenated alkanes) is 1. The molecule has 10 heavy (non-hydrogen) atoms. The molecule has 0 aliphatic heterocycles. The van der Waals surface area contributed by atoms with E-state index in [2.05, 4.69) is 11.7 Å². The molecule has 0 radical (unpaired) electrons. The molecule has 1 amide bonds. The van der Waals surface area contributed by atoms with E-state index in [9.17, 15) is 4.79 Å². The molecule has 0 spiro atoms. The predicted octanol–water partition coefficient (Wildman–Crippen LogP) is 0.510. The first-order valence-electron chi connectivity index (χ1n) is 3.29. The Labute approximate surface area is 65.7 Å². The molecular formula is C6H14N2OS. The summed E-state index contributed by atoms with van der Waals surface area (Å²) in [6.07, 6.45) is 4.64. The lowest BCUT2D eigenvalue weighted by atomic mass is 10.2. The van der Waals surface area contributed by atoms with E-state index in [4.69, 9.17) is 5.84 Å². The summed E-state index contributed by atoms with van der Waals surface area (Å²) in [7, 11) is 0. The summed E-state index contributed by atoms with van der Waals surface area (Å²) in [6.45, 7) is 0. The number of nitrogens with two attached hydrogens (primary N) is 1. The maximum absolute atomic E-state index is 10.5.